The monoisotopic (exact) mass is 395 g/mol. The molecule has 0 aliphatic rings. The summed E-state index contributed by atoms with van der Waals surface area (Å²) >= 11 is 5.60. The first-order valence-corrected chi connectivity index (χ1v) is 7.54. The fourth-order valence-corrected chi connectivity index (χ4v) is 2.27. The lowest BCUT2D eigenvalue weighted by atomic mass is 10.2. The molecule has 0 aromatic heterocycles. The van der Waals surface area contributed by atoms with Crippen molar-refractivity contribution in [3.05, 3.63) is 33.4 Å². The quantitative estimate of drug-likeness (QED) is 0.445. The second kappa shape index (κ2) is 8.06. The van der Waals surface area contributed by atoms with Gasteiger partial charge in [-0.05, 0) is 53.6 Å². The van der Waals surface area contributed by atoms with Crippen molar-refractivity contribution in [1.82, 2.24) is 5.32 Å². The van der Waals surface area contributed by atoms with Gasteiger partial charge in [-0.15, -0.1) is 0 Å². The van der Waals surface area contributed by atoms with Crippen LogP contribution in [-0.2, 0) is 0 Å². The predicted molar refractivity (Wildman–Crippen MR) is 79.1 cm³/mol. The van der Waals surface area contributed by atoms with Gasteiger partial charge in [0.15, 0.2) is 0 Å². The first-order chi connectivity index (χ1) is 7.74. The molecule has 0 fully saturated rings. The minimum absolute atomic E-state index is 0.0253. The molecule has 1 aromatic carbocycles. The van der Waals surface area contributed by atoms with Gasteiger partial charge >= 0.3 is 0 Å². The van der Waals surface area contributed by atoms with Gasteiger partial charge in [0.05, 0.1) is 0 Å². The Labute approximate surface area is 118 Å². The van der Waals surface area contributed by atoms with Crippen molar-refractivity contribution in [2.24, 2.45) is 0 Å². The van der Waals surface area contributed by atoms with Crippen molar-refractivity contribution < 1.29 is 4.79 Å². The lowest BCUT2D eigenvalue weighted by Crippen LogP contribution is -2.24. The molecule has 1 N–H and O–H groups in total. The van der Waals surface area contributed by atoms with Crippen LogP contribution < -0.4 is 5.32 Å². The van der Waals surface area contributed by atoms with Crippen molar-refractivity contribution in [2.75, 3.05) is 11.9 Å². The number of carbonyl (C=O) groups excluding carboxylic acids is 1. The smallest absolute Gasteiger partial charge is 0.251 e. The van der Waals surface area contributed by atoms with E-state index in [1.165, 1.54) is 6.42 Å². The maximum absolute atomic E-state index is 11.7. The maximum atomic E-state index is 11.7. The zero-order valence-electron chi connectivity index (χ0n) is 9.01. The number of rotatable bonds is 6. The van der Waals surface area contributed by atoms with E-state index in [4.69, 9.17) is 0 Å². The fourth-order valence-electron chi connectivity index (χ4n) is 1.33. The lowest BCUT2D eigenvalue weighted by molar-refractivity contribution is 0.0953. The number of amides is 1. The van der Waals surface area contributed by atoms with Gasteiger partial charge in [0.25, 0.3) is 5.91 Å². The molecule has 0 radical (unpaired) electrons. The molecule has 0 spiro atoms. The molecule has 0 heterocycles. The summed E-state index contributed by atoms with van der Waals surface area (Å²) in [6.07, 6.45) is 3.36. The molecule has 88 valence electrons. The van der Waals surface area contributed by atoms with Crippen LogP contribution in [0.2, 0.25) is 0 Å². The highest BCUT2D eigenvalue weighted by Crippen LogP contribution is 2.07. The third-order valence-electron chi connectivity index (χ3n) is 2.18. The molecule has 0 saturated carbocycles. The van der Waals surface area contributed by atoms with Crippen molar-refractivity contribution in [2.45, 2.75) is 19.3 Å². The lowest BCUT2D eigenvalue weighted by Gasteiger charge is -2.05. The van der Waals surface area contributed by atoms with Gasteiger partial charge in [0.2, 0.25) is 0 Å². The number of halogens is 2. The topological polar surface area (TPSA) is 29.1 Å². The van der Waals surface area contributed by atoms with Crippen LogP contribution in [0.25, 0.3) is 0 Å². The van der Waals surface area contributed by atoms with Crippen LogP contribution in [0.3, 0.4) is 0 Å². The SMILES string of the molecule is O=C(NCCCCCBr)c1cccc(I)c1. The van der Waals surface area contributed by atoms with Crippen LogP contribution in [0.5, 0.6) is 0 Å². The Morgan fingerprint density at radius 3 is 2.81 bits per heavy atom. The molecule has 0 aliphatic heterocycles. The summed E-state index contributed by atoms with van der Waals surface area (Å²) in [7, 11) is 0. The number of carbonyl (C=O) groups is 1. The Bertz CT molecular complexity index is 344. The number of nitrogens with one attached hydrogen (secondary N) is 1. The largest absolute Gasteiger partial charge is 0.352 e. The van der Waals surface area contributed by atoms with Crippen molar-refractivity contribution >= 4 is 44.4 Å². The van der Waals surface area contributed by atoms with E-state index < -0.39 is 0 Å². The van der Waals surface area contributed by atoms with Gasteiger partial charge in [0.1, 0.15) is 0 Å². The van der Waals surface area contributed by atoms with Crippen LogP contribution in [0.1, 0.15) is 29.6 Å². The molecule has 1 amide bonds. The molecule has 0 atom stereocenters. The Morgan fingerprint density at radius 1 is 1.31 bits per heavy atom. The van der Waals surface area contributed by atoms with Gasteiger partial charge in [-0.1, -0.05) is 28.4 Å². The van der Waals surface area contributed by atoms with Crippen LogP contribution in [0.15, 0.2) is 24.3 Å². The van der Waals surface area contributed by atoms with E-state index in [1.807, 2.05) is 24.3 Å². The van der Waals surface area contributed by atoms with Gasteiger partial charge in [-0.2, -0.15) is 0 Å². The van der Waals surface area contributed by atoms with Crippen LogP contribution in [0, 0.1) is 3.57 Å². The van der Waals surface area contributed by atoms with Gasteiger partial charge in [-0.3, -0.25) is 4.79 Å². The van der Waals surface area contributed by atoms with Crippen molar-refractivity contribution in [1.29, 1.82) is 0 Å². The standard InChI is InChI=1S/C12H15BrINO/c13-7-2-1-3-8-15-12(16)10-5-4-6-11(14)9-10/h4-6,9H,1-3,7-8H2,(H,15,16). The Balaban J connectivity index is 2.30. The second-order valence-corrected chi connectivity index (χ2v) is 5.55. The Morgan fingerprint density at radius 2 is 2.12 bits per heavy atom. The van der Waals surface area contributed by atoms with Crippen LogP contribution >= 0.6 is 38.5 Å². The minimum atomic E-state index is 0.0253. The summed E-state index contributed by atoms with van der Waals surface area (Å²) in [6.45, 7) is 0.761. The Hall–Kier alpha value is -0.100. The summed E-state index contributed by atoms with van der Waals surface area (Å²) in [5.74, 6) is 0.0253. The highest BCUT2D eigenvalue weighted by Gasteiger charge is 2.04. The molecule has 16 heavy (non-hydrogen) atoms. The number of unbranched alkanes of at least 4 members (excludes halogenated alkanes) is 2. The third-order valence-corrected chi connectivity index (χ3v) is 3.41. The molecule has 1 rings (SSSR count). The average Bonchev–Trinajstić information content (AvgIpc) is 2.28. The summed E-state index contributed by atoms with van der Waals surface area (Å²) in [6, 6.07) is 7.62. The molecule has 0 aliphatic carbocycles. The van der Waals surface area contributed by atoms with Crippen molar-refractivity contribution in [3.63, 3.8) is 0 Å². The minimum Gasteiger partial charge on any atom is -0.352 e. The van der Waals surface area contributed by atoms with E-state index in [2.05, 4.69) is 43.8 Å². The molecule has 1 aromatic rings. The summed E-state index contributed by atoms with van der Waals surface area (Å²) in [5, 5.41) is 3.97. The molecule has 2 nitrogen and oxygen atoms in total. The second-order valence-electron chi connectivity index (χ2n) is 3.52. The van der Waals surface area contributed by atoms with E-state index >= 15 is 0 Å². The molecular formula is C12H15BrINO. The number of hydrogen-bond donors (Lipinski definition) is 1. The Kier molecular flexibility index (Phi) is 7.03. The van der Waals surface area contributed by atoms with Gasteiger partial charge in [-0.25, -0.2) is 0 Å². The van der Waals surface area contributed by atoms with Crippen LogP contribution in [-0.4, -0.2) is 17.8 Å². The summed E-state index contributed by atoms with van der Waals surface area (Å²) in [4.78, 5) is 11.7. The predicted octanol–water partition coefficient (Wildman–Crippen LogP) is 3.59. The fraction of sp³-hybridized carbons (Fsp3) is 0.417. The normalized spacial score (nSPS) is 10.1. The van der Waals surface area contributed by atoms with E-state index in [1.54, 1.807) is 0 Å². The first-order valence-electron chi connectivity index (χ1n) is 5.34. The molecular weight excluding hydrogens is 381 g/mol. The van der Waals surface area contributed by atoms with Crippen LogP contribution in [0.4, 0.5) is 0 Å². The molecule has 0 saturated heterocycles. The highest BCUT2D eigenvalue weighted by molar-refractivity contribution is 14.1. The van der Waals surface area contributed by atoms with E-state index in [0.29, 0.717) is 0 Å². The summed E-state index contributed by atoms with van der Waals surface area (Å²) < 4.78 is 1.09. The number of alkyl halides is 1. The molecule has 0 unspecified atom stereocenters. The number of benzene rings is 1. The first kappa shape index (κ1) is 14.0. The highest BCUT2D eigenvalue weighted by atomic mass is 127. The van der Waals surface area contributed by atoms with E-state index in [-0.39, 0.29) is 5.91 Å². The molecule has 4 heteroatoms. The van der Waals surface area contributed by atoms with Gasteiger partial charge in [0, 0.05) is 21.0 Å². The maximum Gasteiger partial charge on any atom is 0.251 e. The molecule has 0 bridgehead atoms. The number of hydrogen-bond acceptors (Lipinski definition) is 1. The third kappa shape index (κ3) is 5.30. The van der Waals surface area contributed by atoms with Gasteiger partial charge < -0.3 is 5.32 Å². The average molecular weight is 396 g/mol. The zero-order chi connectivity index (χ0) is 11.8. The summed E-state index contributed by atoms with van der Waals surface area (Å²) in [5.41, 5.74) is 0.743. The van der Waals surface area contributed by atoms with E-state index in [0.717, 1.165) is 33.9 Å². The van der Waals surface area contributed by atoms with E-state index in [9.17, 15) is 4.79 Å². The zero-order valence-corrected chi connectivity index (χ0v) is 12.8. The van der Waals surface area contributed by atoms with Crippen molar-refractivity contribution in [3.8, 4) is 0 Å².